The van der Waals surface area contributed by atoms with Crippen molar-refractivity contribution >= 4 is 5.91 Å². The van der Waals surface area contributed by atoms with E-state index in [0.29, 0.717) is 12.8 Å². The molecule has 4 rings (SSSR count). The van der Waals surface area contributed by atoms with Gasteiger partial charge in [0.25, 0.3) is 0 Å². The molecule has 1 unspecified atom stereocenters. The first-order chi connectivity index (χ1) is 11.8. The average Bonchev–Trinajstić information content (AvgIpc) is 3.08. The second kappa shape index (κ2) is 6.56. The Balaban J connectivity index is 1.36. The van der Waals surface area contributed by atoms with Gasteiger partial charge < -0.3 is 14.8 Å². The molecule has 0 fully saturated rings. The molecule has 0 radical (unpaired) electrons. The Labute approximate surface area is 141 Å². The van der Waals surface area contributed by atoms with E-state index in [-0.39, 0.29) is 18.7 Å². The van der Waals surface area contributed by atoms with Crippen molar-refractivity contribution in [2.75, 3.05) is 6.79 Å². The second-order valence-corrected chi connectivity index (χ2v) is 6.40. The SMILES string of the molecule is O=C(CCc1ccc2c(c1)OCO2)NC1CCCc2ccccc21. The summed E-state index contributed by atoms with van der Waals surface area (Å²) in [6.45, 7) is 0.278. The lowest BCUT2D eigenvalue weighted by Gasteiger charge is -2.26. The molecule has 0 bridgehead atoms. The maximum Gasteiger partial charge on any atom is 0.231 e. The zero-order valence-electron chi connectivity index (χ0n) is 13.6. The molecule has 4 heteroatoms. The Hall–Kier alpha value is -2.49. The van der Waals surface area contributed by atoms with Crippen LogP contribution in [0.3, 0.4) is 0 Å². The van der Waals surface area contributed by atoms with E-state index >= 15 is 0 Å². The fourth-order valence-corrected chi connectivity index (χ4v) is 3.52. The van der Waals surface area contributed by atoms with Crippen LogP contribution in [0.4, 0.5) is 0 Å². The number of rotatable bonds is 4. The number of amides is 1. The molecular formula is C20H21NO3. The minimum Gasteiger partial charge on any atom is -0.454 e. The van der Waals surface area contributed by atoms with Crippen molar-refractivity contribution in [3.63, 3.8) is 0 Å². The van der Waals surface area contributed by atoms with Crippen LogP contribution in [0.1, 0.15) is 42.0 Å². The summed E-state index contributed by atoms with van der Waals surface area (Å²) in [7, 11) is 0. The van der Waals surface area contributed by atoms with Gasteiger partial charge in [-0.15, -0.1) is 0 Å². The number of nitrogens with one attached hydrogen (secondary N) is 1. The molecule has 1 atom stereocenters. The number of aryl methyl sites for hydroxylation is 2. The number of fused-ring (bicyclic) bond motifs is 2. The van der Waals surface area contributed by atoms with Crippen LogP contribution in [0.2, 0.25) is 0 Å². The molecule has 1 aliphatic heterocycles. The molecule has 2 aliphatic rings. The van der Waals surface area contributed by atoms with E-state index in [2.05, 4.69) is 29.6 Å². The van der Waals surface area contributed by atoms with Gasteiger partial charge in [0.15, 0.2) is 11.5 Å². The van der Waals surface area contributed by atoms with Gasteiger partial charge >= 0.3 is 0 Å². The highest BCUT2D eigenvalue weighted by molar-refractivity contribution is 5.76. The molecule has 1 aliphatic carbocycles. The van der Waals surface area contributed by atoms with E-state index in [1.54, 1.807) is 0 Å². The van der Waals surface area contributed by atoms with Crippen LogP contribution in [0.15, 0.2) is 42.5 Å². The molecule has 1 N–H and O–H groups in total. The first kappa shape index (κ1) is 15.1. The fourth-order valence-electron chi connectivity index (χ4n) is 3.52. The van der Waals surface area contributed by atoms with Crippen LogP contribution in [0.25, 0.3) is 0 Å². The molecule has 2 aromatic carbocycles. The summed E-state index contributed by atoms with van der Waals surface area (Å²) >= 11 is 0. The molecular weight excluding hydrogens is 302 g/mol. The van der Waals surface area contributed by atoms with Crippen LogP contribution < -0.4 is 14.8 Å². The number of hydrogen-bond acceptors (Lipinski definition) is 3. The maximum atomic E-state index is 12.4. The smallest absolute Gasteiger partial charge is 0.231 e. The van der Waals surface area contributed by atoms with Gasteiger partial charge in [-0.1, -0.05) is 30.3 Å². The summed E-state index contributed by atoms with van der Waals surface area (Å²) in [6, 6.07) is 14.4. The molecule has 0 spiro atoms. The monoisotopic (exact) mass is 323 g/mol. The average molecular weight is 323 g/mol. The van der Waals surface area contributed by atoms with Gasteiger partial charge in [0, 0.05) is 6.42 Å². The van der Waals surface area contributed by atoms with Crippen molar-refractivity contribution in [1.29, 1.82) is 0 Å². The number of benzene rings is 2. The van der Waals surface area contributed by atoms with Gasteiger partial charge in [-0.3, -0.25) is 4.79 Å². The van der Waals surface area contributed by atoms with Crippen LogP contribution in [-0.2, 0) is 17.6 Å². The third-order valence-corrected chi connectivity index (χ3v) is 4.78. The van der Waals surface area contributed by atoms with E-state index in [1.165, 1.54) is 11.1 Å². The summed E-state index contributed by atoms with van der Waals surface area (Å²) in [5.41, 5.74) is 3.74. The molecule has 4 nitrogen and oxygen atoms in total. The molecule has 1 amide bonds. The quantitative estimate of drug-likeness (QED) is 0.936. The molecule has 2 aromatic rings. The first-order valence-corrected chi connectivity index (χ1v) is 8.55. The van der Waals surface area contributed by atoms with E-state index in [4.69, 9.17) is 9.47 Å². The highest BCUT2D eigenvalue weighted by atomic mass is 16.7. The lowest BCUT2D eigenvalue weighted by Crippen LogP contribution is -2.31. The van der Waals surface area contributed by atoms with Gasteiger partial charge in [0.05, 0.1) is 6.04 Å². The van der Waals surface area contributed by atoms with Crippen molar-refractivity contribution in [2.24, 2.45) is 0 Å². The predicted molar refractivity (Wildman–Crippen MR) is 91.1 cm³/mol. The molecule has 124 valence electrons. The Morgan fingerprint density at radius 2 is 2.00 bits per heavy atom. The lowest BCUT2D eigenvalue weighted by atomic mass is 9.87. The first-order valence-electron chi connectivity index (χ1n) is 8.55. The van der Waals surface area contributed by atoms with Crippen molar-refractivity contribution in [1.82, 2.24) is 5.32 Å². The summed E-state index contributed by atoms with van der Waals surface area (Å²) in [5, 5.41) is 3.20. The highest BCUT2D eigenvalue weighted by Crippen LogP contribution is 2.33. The Kier molecular flexibility index (Phi) is 4.11. The van der Waals surface area contributed by atoms with E-state index in [1.807, 2.05) is 18.2 Å². The molecule has 0 saturated carbocycles. The van der Waals surface area contributed by atoms with Crippen LogP contribution in [0.5, 0.6) is 11.5 Å². The lowest BCUT2D eigenvalue weighted by molar-refractivity contribution is -0.121. The van der Waals surface area contributed by atoms with Crippen molar-refractivity contribution in [2.45, 2.75) is 38.1 Å². The van der Waals surface area contributed by atoms with Gasteiger partial charge in [-0.2, -0.15) is 0 Å². The predicted octanol–water partition coefficient (Wildman–Crippen LogP) is 3.54. The topological polar surface area (TPSA) is 47.6 Å². The Morgan fingerprint density at radius 3 is 2.96 bits per heavy atom. The molecule has 0 saturated heterocycles. The Morgan fingerprint density at radius 1 is 1.12 bits per heavy atom. The minimum atomic E-state index is 0.106. The zero-order chi connectivity index (χ0) is 16.4. The zero-order valence-corrected chi connectivity index (χ0v) is 13.6. The molecule has 0 aromatic heterocycles. The summed E-state index contributed by atoms with van der Waals surface area (Å²) in [4.78, 5) is 12.4. The van der Waals surface area contributed by atoms with E-state index in [9.17, 15) is 4.79 Å². The van der Waals surface area contributed by atoms with Gasteiger partial charge in [0.2, 0.25) is 12.7 Å². The number of ether oxygens (including phenoxy) is 2. The molecule has 24 heavy (non-hydrogen) atoms. The van der Waals surface area contributed by atoms with E-state index < -0.39 is 0 Å². The Bertz CT molecular complexity index is 756. The fraction of sp³-hybridized carbons (Fsp3) is 0.350. The summed E-state index contributed by atoms with van der Waals surface area (Å²) in [6.07, 6.45) is 4.45. The van der Waals surface area contributed by atoms with Crippen molar-refractivity contribution < 1.29 is 14.3 Å². The third-order valence-electron chi connectivity index (χ3n) is 4.78. The maximum absolute atomic E-state index is 12.4. The second-order valence-electron chi connectivity index (χ2n) is 6.40. The highest BCUT2D eigenvalue weighted by Gasteiger charge is 2.21. The van der Waals surface area contributed by atoms with Crippen molar-refractivity contribution in [3.8, 4) is 11.5 Å². The number of carbonyl (C=O) groups is 1. The third kappa shape index (κ3) is 3.09. The molecule has 1 heterocycles. The van der Waals surface area contributed by atoms with Crippen LogP contribution in [0, 0.1) is 0 Å². The van der Waals surface area contributed by atoms with Crippen LogP contribution >= 0.6 is 0 Å². The largest absolute Gasteiger partial charge is 0.454 e. The summed E-state index contributed by atoms with van der Waals surface area (Å²) in [5.74, 6) is 1.66. The van der Waals surface area contributed by atoms with E-state index in [0.717, 1.165) is 36.3 Å². The standard InChI is InChI=1S/C20H21NO3/c22-20(11-9-14-8-10-18-19(12-14)24-13-23-18)21-17-7-3-5-15-4-1-2-6-16(15)17/h1-2,4,6,8,10,12,17H,3,5,7,9,11,13H2,(H,21,22). The minimum absolute atomic E-state index is 0.106. The normalized spacial score (nSPS) is 18.1. The summed E-state index contributed by atoms with van der Waals surface area (Å²) < 4.78 is 10.7. The number of hydrogen-bond donors (Lipinski definition) is 1. The van der Waals surface area contributed by atoms with Gasteiger partial charge in [-0.05, 0) is 54.5 Å². The van der Waals surface area contributed by atoms with Crippen molar-refractivity contribution in [3.05, 3.63) is 59.2 Å². The van der Waals surface area contributed by atoms with Gasteiger partial charge in [0.1, 0.15) is 0 Å². The van der Waals surface area contributed by atoms with Gasteiger partial charge in [-0.25, -0.2) is 0 Å². The van der Waals surface area contributed by atoms with Crippen LogP contribution in [-0.4, -0.2) is 12.7 Å². The number of carbonyl (C=O) groups excluding carboxylic acids is 1.